The van der Waals surface area contributed by atoms with Crippen LogP contribution in [0.5, 0.6) is 5.75 Å². The number of hydrogen-bond donors (Lipinski definition) is 2. The maximum Gasteiger partial charge on any atom is 0.247 e. The maximum absolute atomic E-state index is 13.9. The zero-order valence-corrected chi connectivity index (χ0v) is 25.2. The van der Waals surface area contributed by atoms with Crippen LogP contribution in [0.4, 0.5) is 0 Å². The first-order valence-electron chi connectivity index (χ1n) is 14.7. The van der Waals surface area contributed by atoms with Crippen LogP contribution in [0.25, 0.3) is 0 Å². The lowest BCUT2D eigenvalue weighted by molar-refractivity contribution is -0.141. The molecule has 0 radical (unpaired) electrons. The van der Waals surface area contributed by atoms with Crippen LogP contribution in [0, 0.1) is 0 Å². The van der Waals surface area contributed by atoms with Gasteiger partial charge < -0.3 is 15.0 Å². The van der Waals surface area contributed by atoms with Gasteiger partial charge in [-0.15, -0.1) is 0 Å². The highest BCUT2D eigenvalue weighted by Crippen LogP contribution is 2.26. The Morgan fingerprint density at radius 2 is 1.60 bits per heavy atom. The zero-order chi connectivity index (χ0) is 30.0. The molecule has 1 atom stereocenters. The minimum atomic E-state index is -3.54. The van der Waals surface area contributed by atoms with Crippen molar-refractivity contribution in [1.82, 2.24) is 14.9 Å². The summed E-state index contributed by atoms with van der Waals surface area (Å²) >= 11 is 0. The molecular formula is C33H41N3O5S. The molecule has 2 N–H and O–H groups in total. The number of methoxy groups -OCH3 is 1. The second-order valence-corrected chi connectivity index (χ2v) is 12.4. The van der Waals surface area contributed by atoms with E-state index in [9.17, 15) is 18.0 Å². The maximum atomic E-state index is 13.9. The number of benzene rings is 3. The number of carbonyl (C=O) groups excluding carboxylic acids is 2. The molecule has 3 aromatic carbocycles. The fourth-order valence-corrected chi connectivity index (χ4v) is 6.07. The molecule has 0 spiro atoms. The molecule has 0 heterocycles. The summed E-state index contributed by atoms with van der Waals surface area (Å²) in [5.74, 6) is 0.329. The molecule has 9 heteroatoms. The quantitative estimate of drug-likeness (QED) is 0.224. The molecule has 0 aliphatic heterocycles. The molecular weight excluding hydrogens is 550 g/mol. The number of rotatable bonds is 16. The van der Waals surface area contributed by atoms with Gasteiger partial charge in [0.05, 0.1) is 12.0 Å². The largest absolute Gasteiger partial charge is 0.497 e. The fourth-order valence-electron chi connectivity index (χ4n) is 4.76. The molecule has 0 aromatic heterocycles. The number of unbranched alkanes of at least 4 members (excludes halogenated alkanes) is 2. The summed E-state index contributed by atoms with van der Waals surface area (Å²) < 4.78 is 33.0. The lowest BCUT2D eigenvalue weighted by Crippen LogP contribution is -2.43. The molecule has 3 aromatic rings. The van der Waals surface area contributed by atoms with Gasteiger partial charge in [-0.3, -0.25) is 9.59 Å². The zero-order valence-electron chi connectivity index (χ0n) is 24.4. The normalized spacial score (nSPS) is 13.8. The number of sulfonamides is 1. The third kappa shape index (κ3) is 8.90. The Kier molecular flexibility index (Phi) is 11.1. The first-order chi connectivity index (χ1) is 20.3. The molecule has 4 rings (SSSR count). The number of carbonyl (C=O) groups is 2. The van der Waals surface area contributed by atoms with Crippen molar-refractivity contribution >= 4 is 21.8 Å². The van der Waals surface area contributed by atoms with Crippen LogP contribution in [-0.4, -0.2) is 44.8 Å². The second kappa shape index (κ2) is 15.0. The van der Waals surface area contributed by atoms with Gasteiger partial charge in [0.2, 0.25) is 21.8 Å². The van der Waals surface area contributed by atoms with Crippen LogP contribution in [-0.2, 0) is 32.6 Å². The molecule has 1 fully saturated rings. The summed E-state index contributed by atoms with van der Waals surface area (Å²) in [6.07, 6.45) is 5.24. The van der Waals surface area contributed by atoms with Crippen LogP contribution in [0.3, 0.4) is 0 Å². The van der Waals surface area contributed by atoms with Crippen molar-refractivity contribution in [2.75, 3.05) is 13.7 Å². The third-order valence-corrected chi connectivity index (χ3v) is 8.88. The van der Waals surface area contributed by atoms with E-state index >= 15 is 0 Å². The Labute approximate surface area is 249 Å². The second-order valence-electron chi connectivity index (χ2n) is 10.7. The summed E-state index contributed by atoms with van der Waals surface area (Å²) in [5.41, 5.74) is 2.46. The van der Waals surface area contributed by atoms with Gasteiger partial charge in [-0.2, -0.15) is 0 Å². The molecule has 0 bridgehead atoms. The molecule has 1 saturated carbocycles. The molecule has 224 valence electrons. The van der Waals surface area contributed by atoms with Crippen molar-refractivity contribution in [3.63, 3.8) is 0 Å². The SMILES string of the molecule is CCCCCNC(=O)[C@H](c1ccccc1)N(Cc1ccc(OC)cc1)C(=O)CCc1ccc(S(=O)(=O)NC2CC2)cc1. The summed E-state index contributed by atoms with van der Waals surface area (Å²) in [7, 11) is -1.94. The Bertz CT molecular complexity index is 1410. The minimum absolute atomic E-state index is 0.0328. The van der Waals surface area contributed by atoms with Gasteiger partial charge >= 0.3 is 0 Å². The lowest BCUT2D eigenvalue weighted by atomic mass is 10.0. The monoisotopic (exact) mass is 591 g/mol. The highest BCUT2D eigenvalue weighted by atomic mass is 32.2. The Morgan fingerprint density at radius 1 is 0.929 bits per heavy atom. The number of aryl methyl sites for hydroxylation is 1. The molecule has 8 nitrogen and oxygen atoms in total. The first-order valence-corrected chi connectivity index (χ1v) is 16.2. The summed E-state index contributed by atoms with van der Waals surface area (Å²) in [6.45, 7) is 2.90. The van der Waals surface area contributed by atoms with E-state index in [2.05, 4.69) is 17.0 Å². The van der Waals surface area contributed by atoms with Crippen molar-refractivity contribution < 1.29 is 22.7 Å². The standard InChI is InChI=1S/C33H41N3O5S/c1-3-4-8-23-34-33(38)32(27-9-6-5-7-10-27)36(24-26-11-18-29(41-2)19-12-26)31(37)22-15-25-13-20-30(21-14-25)42(39,40)35-28-16-17-28/h5-7,9-14,18-21,28,32,35H,3-4,8,15-17,22-24H2,1-2H3,(H,34,38)/t32-/m0/s1. The Balaban J connectivity index is 1.55. The molecule has 1 aliphatic rings. The Morgan fingerprint density at radius 3 is 2.21 bits per heavy atom. The van der Waals surface area contributed by atoms with Gasteiger partial charge in [0, 0.05) is 25.6 Å². The van der Waals surface area contributed by atoms with Gasteiger partial charge in [0.1, 0.15) is 11.8 Å². The Hall–Kier alpha value is -3.69. The van der Waals surface area contributed by atoms with E-state index in [1.54, 1.807) is 36.3 Å². The van der Waals surface area contributed by atoms with Gasteiger partial charge in [-0.05, 0) is 66.6 Å². The molecule has 2 amide bonds. The molecule has 0 saturated heterocycles. The van der Waals surface area contributed by atoms with E-state index in [4.69, 9.17) is 4.74 Å². The van der Waals surface area contributed by atoms with Crippen molar-refractivity contribution in [1.29, 1.82) is 0 Å². The van der Waals surface area contributed by atoms with Crippen LogP contribution < -0.4 is 14.8 Å². The number of ether oxygens (including phenoxy) is 1. The number of hydrogen-bond acceptors (Lipinski definition) is 5. The van der Waals surface area contributed by atoms with Gasteiger partial charge in [-0.25, -0.2) is 13.1 Å². The lowest BCUT2D eigenvalue weighted by Gasteiger charge is -2.32. The van der Waals surface area contributed by atoms with Crippen LogP contribution in [0.2, 0.25) is 0 Å². The van der Waals surface area contributed by atoms with Crippen LogP contribution in [0.15, 0.2) is 83.8 Å². The first kappa shape index (κ1) is 31.3. The summed E-state index contributed by atoms with van der Waals surface area (Å²) in [6, 6.07) is 22.7. The van der Waals surface area contributed by atoms with Gasteiger partial charge in [0.15, 0.2) is 0 Å². The van der Waals surface area contributed by atoms with Crippen molar-refractivity contribution in [2.45, 2.75) is 75.4 Å². The van der Waals surface area contributed by atoms with E-state index in [0.717, 1.165) is 48.8 Å². The van der Waals surface area contributed by atoms with E-state index in [1.165, 1.54) is 0 Å². The third-order valence-electron chi connectivity index (χ3n) is 7.35. The molecule has 1 aliphatic carbocycles. The topological polar surface area (TPSA) is 105 Å². The van der Waals surface area contributed by atoms with E-state index < -0.39 is 16.1 Å². The smallest absolute Gasteiger partial charge is 0.247 e. The van der Waals surface area contributed by atoms with E-state index in [1.807, 2.05) is 54.6 Å². The van der Waals surface area contributed by atoms with E-state index in [-0.39, 0.29) is 35.7 Å². The summed E-state index contributed by atoms with van der Waals surface area (Å²) in [4.78, 5) is 29.4. The minimum Gasteiger partial charge on any atom is -0.497 e. The number of nitrogens with zero attached hydrogens (tertiary/aromatic N) is 1. The van der Waals surface area contributed by atoms with Gasteiger partial charge in [0.25, 0.3) is 0 Å². The molecule has 0 unspecified atom stereocenters. The highest BCUT2D eigenvalue weighted by molar-refractivity contribution is 7.89. The van der Waals surface area contributed by atoms with Gasteiger partial charge in [-0.1, -0.05) is 74.4 Å². The van der Waals surface area contributed by atoms with Crippen LogP contribution >= 0.6 is 0 Å². The van der Waals surface area contributed by atoms with Crippen LogP contribution in [0.1, 0.15) is 68.2 Å². The predicted molar refractivity (Wildman–Crippen MR) is 163 cm³/mol. The van der Waals surface area contributed by atoms with Crippen molar-refractivity contribution in [3.05, 3.63) is 95.6 Å². The number of nitrogens with one attached hydrogen (secondary N) is 2. The van der Waals surface area contributed by atoms with Crippen molar-refractivity contribution in [2.24, 2.45) is 0 Å². The molecule has 42 heavy (non-hydrogen) atoms. The average Bonchev–Trinajstić information content (AvgIpc) is 3.82. The van der Waals surface area contributed by atoms with E-state index in [0.29, 0.717) is 18.7 Å². The predicted octanol–water partition coefficient (Wildman–Crippen LogP) is 5.15. The average molecular weight is 592 g/mol. The summed E-state index contributed by atoms with van der Waals surface area (Å²) in [5, 5.41) is 3.05. The van der Waals surface area contributed by atoms with Crippen molar-refractivity contribution in [3.8, 4) is 5.75 Å². The number of amides is 2. The highest BCUT2D eigenvalue weighted by Gasteiger charge is 2.31. The fraction of sp³-hybridized carbons (Fsp3) is 0.394.